The summed E-state index contributed by atoms with van der Waals surface area (Å²) in [6.07, 6.45) is 3.51. The monoisotopic (exact) mass is 248 g/mol. The van der Waals surface area contributed by atoms with Gasteiger partial charge in [-0.05, 0) is 24.3 Å². The molecular formula is C13H13ClN2O. The summed E-state index contributed by atoms with van der Waals surface area (Å²) >= 11 is 6.09. The van der Waals surface area contributed by atoms with Crippen LogP contribution in [-0.4, -0.2) is 12.0 Å². The average Bonchev–Trinajstić information content (AvgIpc) is 2.38. The quantitative estimate of drug-likeness (QED) is 0.901. The summed E-state index contributed by atoms with van der Waals surface area (Å²) in [6.45, 7) is 0.465. The first kappa shape index (κ1) is 11.7. The molecule has 0 aliphatic rings. The molecule has 1 heterocycles. The first-order valence-electron chi connectivity index (χ1n) is 5.28. The molecular weight excluding hydrogens is 236 g/mol. The van der Waals surface area contributed by atoms with E-state index >= 15 is 0 Å². The number of anilines is 1. The van der Waals surface area contributed by atoms with Crippen LogP contribution < -0.4 is 10.1 Å². The van der Waals surface area contributed by atoms with Crippen molar-refractivity contribution < 1.29 is 4.74 Å². The Hall–Kier alpha value is -1.74. The van der Waals surface area contributed by atoms with Gasteiger partial charge >= 0.3 is 0 Å². The maximum absolute atomic E-state index is 6.09. The third-order valence-electron chi connectivity index (χ3n) is 2.34. The maximum Gasteiger partial charge on any atom is 0.138 e. The molecule has 1 aromatic heterocycles. The van der Waals surface area contributed by atoms with Crippen molar-refractivity contribution in [2.75, 3.05) is 12.4 Å². The molecule has 0 bridgehead atoms. The van der Waals surface area contributed by atoms with E-state index in [1.807, 2.05) is 37.4 Å². The Bertz CT molecular complexity index is 488. The molecule has 2 aromatic rings. The van der Waals surface area contributed by atoms with Crippen LogP contribution in [0.1, 0.15) is 5.56 Å². The van der Waals surface area contributed by atoms with Crippen molar-refractivity contribution in [2.24, 2.45) is 0 Å². The molecule has 0 radical (unpaired) electrons. The van der Waals surface area contributed by atoms with Crippen molar-refractivity contribution in [3.8, 4) is 5.75 Å². The highest BCUT2D eigenvalue weighted by Crippen LogP contribution is 2.28. The summed E-state index contributed by atoms with van der Waals surface area (Å²) in [5.41, 5.74) is 1.98. The Morgan fingerprint density at radius 3 is 2.88 bits per heavy atom. The van der Waals surface area contributed by atoms with Crippen LogP contribution in [-0.2, 0) is 6.61 Å². The molecule has 0 unspecified atom stereocenters. The van der Waals surface area contributed by atoms with Gasteiger partial charge in [-0.2, -0.15) is 0 Å². The molecule has 0 atom stereocenters. The Labute approximate surface area is 105 Å². The van der Waals surface area contributed by atoms with Gasteiger partial charge in [-0.25, -0.2) is 0 Å². The van der Waals surface area contributed by atoms with Gasteiger partial charge in [0, 0.05) is 30.7 Å². The summed E-state index contributed by atoms with van der Waals surface area (Å²) in [5, 5.41) is 3.62. The summed E-state index contributed by atoms with van der Waals surface area (Å²) in [4.78, 5) is 4.02. The topological polar surface area (TPSA) is 34.1 Å². The van der Waals surface area contributed by atoms with E-state index in [2.05, 4.69) is 10.3 Å². The van der Waals surface area contributed by atoms with E-state index in [0.717, 1.165) is 11.3 Å². The molecule has 0 spiro atoms. The van der Waals surface area contributed by atoms with Crippen molar-refractivity contribution in [1.82, 2.24) is 4.98 Å². The van der Waals surface area contributed by atoms with Crippen molar-refractivity contribution in [2.45, 2.75) is 6.61 Å². The first-order valence-corrected chi connectivity index (χ1v) is 5.66. The van der Waals surface area contributed by atoms with Crippen LogP contribution in [0.5, 0.6) is 5.75 Å². The van der Waals surface area contributed by atoms with E-state index in [0.29, 0.717) is 17.4 Å². The third kappa shape index (κ3) is 3.11. The van der Waals surface area contributed by atoms with Gasteiger partial charge < -0.3 is 10.1 Å². The number of aromatic nitrogens is 1. The normalized spacial score (nSPS) is 10.0. The number of nitrogens with one attached hydrogen (secondary N) is 1. The maximum atomic E-state index is 6.09. The largest absolute Gasteiger partial charge is 0.487 e. The lowest BCUT2D eigenvalue weighted by atomic mass is 10.3. The smallest absolute Gasteiger partial charge is 0.138 e. The average molecular weight is 249 g/mol. The number of hydrogen-bond acceptors (Lipinski definition) is 3. The number of rotatable bonds is 4. The lowest BCUT2D eigenvalue weighted by Gasteiger charge is -2.09. The fraction of sp³-hybridized carbons (Fsp3) is 0.154. The standard InChI is InChI=1S/C13H13ClN2O/c1-15-11-4-5-13(12(14)7-11)17-9-10-3-2-6-16-8-10/h2-8,15H,9H2,1H3. The number of benzene rings is 1. The molecule has 1 aromatic carbocycles. The Morgan fingerprint density at radius 1 is 1.35 bits per heavy atom. The second-order valence-electron chi connectivity index (χ2n) is 3.55. The van der Waals surface area contributed by atoms with Crippen LogP contribution in [0.25, 0.3) is 0 Å². The zero-order valence-electron chi connectivity index (χ0n) is 9.48. The molecule has 2 rings (SSSR count). The Kier molecular flexibility index (Phi) is 3.83. The summed E-state index contributed by atoms with van der Waals surface area (Å²) in [7, 11) is 1.85. The van der Waals surface area contributed by atoms with Gasteiger partial charge in [0.1, 0.15) is 12.4 Å². The van der Waals surface area contributed by atoms with Crippen LogP contribution in [0, 0.1) is 0 Å². The molecule has 0 aliphatic heterocycles. The highest BCUT2D eigenvalue weighted by atomic mass is 35.5. The Morgan fingerprint density at radius 2 is 2.24 bits per heavy atom. The molecule has 0 saturated heterocycles. The van der Waals surface area contributed by atoms with Crippen molar-refractivity contribution in [3.63, 3.8) is 0 Å². The van der Waals surface area contributed by atoms with Gasteiger partial charge in [0.2, 0.25) is 0 Å². The Balaban J connectivity index is 2.04. The molecule has 4 heteroatoms. The van der Waals surface area contributed by atoms with E-state index in [1.165, 1.54) is 0 Å². The van der Waals surface area contributed by atoms with E-state index in [1.54, 1.807) is 12.4 Å². The predicted octanol–water partition coefficient (Wildman–Crippen LogP) is 3.36. The molecule has 0 aliphatic carbocycles. The molecule has 1 N–H and O–H groups in total. The lowest BCUT2D eigenvalue weighted by molar-refractivity contribution is 0.306. The molecule has 0 fully saturated rings. The predicted molar refractivity (Wildman–Crippen MR) is 69.6 cm³/mol. The second-order valence-corrected chi connectivity index (χ2v) is 3.95. The van der Waals surface area contributed by atoms with E-state index < -0.39 is 0 Å². The highest BCUT2D eigenvalue weighted by molar-refractivity contribution is 6.32. The molecule has 0 saturated carbocycles. The molecule has 3 nitrogen and oxygen atoms in total. The third-order valence-corrected chi connectivity index (χ3v) is 2.63. The van der Waals surface area contributed by atoms with E-state index in [-0.39, 0.29) is 0 Å². The fourth-order valence-corrected chi connectivity index (χ4v) is 1.65. The summed E-state index contributed by atoms with van der Waals surface area (Å²) in [5.74, 6) is 0.675. The van der Waals surface area contributed by atoms with E-state index in [9.17, 15) is 0 Å². The number of halogens is 1. The van der Waals surface area contributed by atoms with Crippen molar-refractivity contribution >= 4 is 17.3 Å². The fourth-order valence-electron chi connectivity index (χ4n) is 1.42. The lowest BCUT2D eigenvalue weighted by Crippen LogP contribution is -1.97. The number of ether oxygens (including phenoxy) is 1. The van der Waals surface area contributed by atoms with Crippen LogP contribution in [0.15, 0.2) is 42.7 Å². The van der Waals surface area contributed by atoms with Crippen molar-refractivity contribution in [3.05, 3.63) is 53.3 Å². The highest BCUT2D eigenvalue weighted by Gasteiger charge is 2.02. The zero-order chi connectivity index (χ0) is 12.1. The van der Waals surface area contributed by atoms with Gasteiger partial charge in [-0.3, -0.25) is 4.98 Å². The van der Waals surface area contributed by atoms with Gasteiger partial charge in [-0.15, -0.1) is 0 Å². The second kappa shape index (κ2) is 5.55. The SMILES string of the molecule is CNc1ccc(OCc2cccnc2)c(Cl)c1. The molecule has 88 valence electrons. The first-order chi connectivity index (χ1) is 8.29. The minimum absolute atomic E-state index is 0.465. The summed E-state index contributed by atoms with van der Waals surface area (Å²) < 4.78 is 5.62. The molecule has 0 amide bonds. The molecule has 17 heavy (non-hydrogen) atoms. The minimum Gasteiger partial charge on any atom is -0.487 e. The summed E-state index contributed by atoms with van der Waals surface area (Å²) in [6, 6.07) is 9.45. The number of nitrogens with zero attached hydrogens (tertiary/aromatic N) is 1. The van der Waals surface area contributed by atoms with Crippen molar-refractivity contribution in [1.29, 1.82) is 0 Å². The van der Waals surface area contributed by atoms with Gasteiger partial charge in [-0.1, -0.05) is 17.7 Å². The van der Waals surface area contributed by atoms with Crippen LogP contribution in [0.3, 0.4) is 0 Å². The van der Waals surface area contributed by atoms with Gasteiger partial charge in [0.05, 0.1) is 5.02 Å². The van der Waals surface area contributed by atoms with Crippen LogP contribution in [0.4, 0.5) is 5.69 Å². The number of hydrogen-bond donors (Lipinski definition) is 1. The zero-order valence-corrected chi connectivity index (χ0v) is 10.2. The minimum atomic E-state index is 0.465. The van der Waals surface area contributed by atoms with E-state index in [4.69, 9.17) is 16.3 Å². The van der Waals surface area contributed by atoms with Crippen LogP contribution in [0.2, 0.25) is 5.02 Å². The van der Waals surface area contributed by atoms with Gasteiger partial charge in [0.15, 0.2) is 0 Å². The number of pyridine rings is 1. The van der Waals surface area contributed by atoms with Crippen LogP contribution >= 0.6 is 11.6 Å². The van der Waals surface area contributed by atoms with Gasteiger partial charge in [0.25, 0.3) is 0 Å².